The summed E-state index contributed by atoms with van der Waals surface area (Å²) >= 11 is 0. The minimum Gasteiger partial charge on any atom is -0.493 e. The fourth-order valence-electron chi connectivity index (χ4n) is 3.52. The van der Waals surface area contributed by atoms with Crippen LogP contribution in [-0.2, 0) is 0 Å². The van der Waals surface area contributed by atoms with Crippen molar-refractivity contribution in [2.45, 2.75) is 19.4 Å². The van der Waals surface area contributed by atoms with Gasteiger partial charge in [0, 0.05) is 53.0 Å². The third-order valence-corrected chi connectivity index (χ3v) is 5.12. The Morgan fingerprint density at radius 1 is 1.28 bits per heavy atom. The largest absolute Gasteiger partial charge is 0.493 e. The van der Waals surface area contributed by atoms with Crippen molar-refractivity contribution in [2.24, 2.45) is 0 Å². The summed E-state index contributed by atoms with van der Waals surface area (Å²) in [6.45, 7) is 2.28. The summed E-state index contributed by atoms with van der Waals surface area (Å²) in [6, 6.07) is 11.6. The van der Waals surface area contributed by atoms with Gasteiger partial charge in [-0.25, -0.2) is 9.78 Å². The number of urea groups is 1. The Balaban J connectivity index is 1.45. The van der Waals surface area contributed by atoms with E-state index in [9.17, 15) is 4.79 Å². The second-order valence-electron chi connectivity index (χ2n) is 7.37. The number of ether oxygens (including phenoxy) is 1. The summed E-state index contributed by atoms with van der Waals surface area (Å²) < 4.78 is 5.62. The van der Waals surface area contributed by atoms with Crippen molar-refractivity contribution >= 4 is 23.2 Å². The average Bonchev–Trinajstić information content (AvgIpc) is 2.78. The number of fused-ring (bicyclic) bond motifs is 1. The van der Waals surface area contributed by atoms with E-state index in [0.717, 1.165) is 11.3 Å². The number of carbonyl (C=O) groups is 1. The SMILES string of the molecule is Cc1cc(C(=N)c2cnc(NC(=O)N[C@@H]3CCOc4cc(C#N)ccc43)cc2N)ccn1. The van der Waals surface area contributed by atoms with Gasteiger partial charge in [-0.2, -0.15) is 5.26 Å². The first-order chi connectivity index (χ1) is 15.4. The van der Waals surface area contributed by atoms with Gasteiger partial charge in [0.1, 0.15) is 11.6 Å². The van der Waals surface area contributed by atoms with Crippen molar-refractivity contribution in [3.8, 4) is 11.8 Å². The van der Waals surface area contributed by atoms with E-state index in [-0.39, 0.29) is 17.6 Å². The van der Waals surface area contributed by atoms with Crippen LogP contribution in [0.25, 0.3) is 0 Å². The minimum atomic E-state index is -0.438. The lowest BCUT2D eigenvalue weighted by Gasteiger charge is -2.26. The molecule has 0 spiro atoms. The normalized spacial score (nSPS) is 14.4. The lowest BCUT2D eigenvalue weighted by molar-refractivity contribution is 0.232. The number of amides is 2. The smallest absolute Gasteiger partial charge is 0.320 e. The number of nitrogens with zero attached hydrogens (tertiary/aromatic N) is 3. The number of carbonyl (C=O) groups excluding carboxylic acids is 1. The molecular weight excluding hydrogens is 406 g/mol. The monoisotopic (exact) mass is 427 g/mol. The van der Waals surface area contributed by atoms with Crippen LogP contribution in [-0.4, -0.2) is 28.3 Å². The summed E-state index contributed by atoms with van der Waals surface area (Å²) in [5.41, 5.74) is 9.96. The summed E-state index contributed by atoms with van der Waals surface area (Å²) in [5, 5.41) is 23.0. The maximum absolute atomic E-state index is 12.6. The molecular formula is C23H21N7O2. The van der Waals surface area contributed by atoms with E-state index < -0.39 is 6.03 Å². The summed E-state index contributed by atoms with van der Waals surface area (Å²) in [7, 11) is 0. The van der Waals surface area contributed by atoms with Crippen LogP contribution in [0.5, 0.6) is 5.75 Å². The van der Waals surface area contributed by atoms with Crippen LogP contribution in [0.1, 0.15) is 40.4 Å². The Morgan fingerprint density at radius 2 is 2.12 bits per heavy atom. The summed E-state index contributed by atoms with van der Waals surface area (Å²) in [6.07, 6.45) is 3.71. The quantitative estimate of drug-likeness (QED) is 0.469. The molecule has 32 heavy (non-hydrogen) atoms. The number of nitrogens with two attached hydrogens (primary N) is 1. The Labute approximate surface area is 184 Å². The van der Waals surface area contributed by atoms with Crippen molar-refractivity contribution in [1.82, 2.24) is 15.3 Å². The maximum Gasteiger partial charge on any atom is 0.320 e. The molecule has 1 aromatic carbocycles. The molecule has 0 bridgehead atoms. The molecule has 0 unspecified atom stereocenters. The van der Waals surface area contributed by atoms with Crippen LogP contribution < -0.4 is 21.1 Å². The van der Waals surface area contributed by atoms with Crippen molar-refractivity contribution in [2.75, 3.05) is 17.7 Å². The zero-order valence-corrected chi connectivity index (χ0v) is 17.3. The van der Waals surface area contributed by atoms with Gasteiger partial charge in [-0.05, 0) is 31.2 Å². The van der Waals surface area contributed by atoms with E-state index in [1.165, 1.54) is 12.3 Å². The molecule has 1 aliphatic heterocycles. The number of pyridine rings is 2. The van der Waals surface area contributed by atoms with Gasteiger partial charge >= 0.3 is 6.03 Å². The first kappa shape index (κ1) is 20.8. The summed E-state index contributed by atoms with van der Waals surface area (Å²) in [4.78, 5) is 20.9. The fraction of sp³-hybridized carbons (Fsp3) is 0.174. The van der Waals surface area contributed by atoms with Crippen LogP contribution in [0.3, 0.4) is 0 Å². The lowest BCUT2D eigenvalue weighted by Crippen LogP contribution is -2.35. The van der Waals surface area contributed by atoms with Crippen molar-refractivity contribution in [1.29, 1.82) is 10.7 Å². The van der Waals surface area contributed by atoms with Crippen molar-refractivity contribution in [3.05, 3.63) is 76.7 Å². The molecule has 4 rings (SSSR count). The van der Waals surface area contributed by atoms with E-state index in [2.05, 4.69) is 26.7 Å². The van der Waals surface area contributed by atoms with Gasteiger partial charge in [0.05, 0.1) is 30.0 Å². The number of anilines is 2. The molecule has 2 amide bonds. The molecule has 0 fully saturated rings. The van der Waals surface area contributed by atoms with Crippen LogP contribution in [0.2, 0.25) is 0 Å². The molecule has 5 N–H and O–H groups in total. The summed E-state index contributed by atoms with van der Waals surface area (Å²) in [5.74, 6) is 0.867. The molecule has 1 atom stereocenters. The van der Waals surface area contributed by atoms with E-state index in [0.29, 0.717) is 41.2 Å². The number of benzene rings is 1. The second-order valence-corrected chi connectivity index (χ2v) is 7.37. The predicted octanol–water partition coefficient (Wildman–Crippen LogP) is 3.30. The van der Waals surface area contributed by atoms with Crippen molar-refractivity contribution < 1.29 is 9.53 Å². The van der Waals surface area contributed by atoms with Gasteiger partial charge in [-0.3, -0.25) is 15.7 Å². The van der Waals surface area contributed by atoms with Gasteiger partial charge < -0.3 is 15.8 Å². The van der Waals surface area contributed by atoms with Gasteiger partial charge in [-0.1, -0.05) is 6.07 Å². The third kappa shape index (κ3) is 4.34. The van der Waals surface area contributed by atoms with Crippen LogP contribution in [0.4, 0.5) is 16.3 Å². The second kappa shape index (κ2) is 8.73. The fourth-order valence-corrected chi connectivity index (χ4v) is 3.52. The Morgan fingerprint density at radius 3 is 2.88 bits per heavy atom. The first-order valence-electron chi connectivity index (χ1n) is 9.96. The van der Waals surface area contributed by atoms with Gasteiger partial charge in [0.2, 0.25) is 0 Å². The van der Waals surface area contributed by atoms with Crippen LogP contribution >= 0.6 is 0 Å². The molecule has 0 radical (unpaired) electrons. The zero-order chi connectivity index (χ0) is 22.7. The Bertz CT molecular complexity index is 1250. The molecule has 0 saturated heterocycles. The number of nitriles is 1. The molecule has 3 aromatic rings. The minimum absolute atomic E-state index is 0.229. The van der Waals surface area contributed by atoms with Crippen molar-refractivity contribution in [3.63, 3.8) is 0 Å². The van der Waals surface area contributed by atoms with E-state index in [4.69, 9.17) is 21.1 Å². The molecule has 0 saturated carbocycles. The van der Waals surface area contributed by atoms with E-state index >= 15 is 0 Å². The molecule has 2 aromatic heterocycles. The average molecular weight is 427 g/mol. The molecule has 3 heterocycles. The standard InChI is InChI=1S/C23H21N7O2/c1-13-8-15(4-6-27-13)22(26)17-12-28-21(10-18(17)25)30-23(31)29-19-5-7-32-20-9-14(11-24)2-3-16(19)20/h2-4,6,8-10,12,19,26H,5,7H2,1H3,(H4,25,28,29,30,31)/t19-/m1/s1. The highest BCUT2D eigenvalue weighted by atomic mass is 16.5. The highest BCUT2D eigenvalue weighted by molar-refractivity contribution is 6.13. The van der Waals surface area contributed by atoms with E-state index in [1.54, 1.807) is 36.5 Å². The number of aryl methyl sites for hydroxylation is 1. The maximum atomic E-state index is 12.6. The first-order valence-corrected chi connectivity index (χ1v) is 9.96. The van der Waals surface area contributed by atoms with Crippen LogP contribution in [0, 0.1) is 23.7 Å². The van der Waals surface area contributed by atoms with Gasteiger partial charge in [-0.15, -0.1) is 0 Å². The number of hydrogen-bond acceptors (Lipinski definition) is 7. The number of rotatable bonds is 4. The number of hydrogen-bond donors (Lipinski definition) is 4. The molecule has 1 aliphatic rings. The highest BCUT2D eigenvalue weighted by Crippen LogP contribution is 2.32. The zero-order valence-electron chi connectivity index (χ0n) is 17.3. The Kier molecular flexibility index (Phi) is 5.68. The number of aromatic nitrogens is 2. The van der Waals surface area contributed by atoms with Gasteiger partial charge in [0.15, 0.2) is 0 Å². The van der Waals surface area contributed by atoms with Crippen LogP contribution in [0.15, 0.2) is 48.8 Å². The van der Waals surface area contributed by atoms with Gasteiger partial charge in [0.25, 0.3) is 0 Å². The molecule has 9 nitrogen and oxygen atoms in total. The molecule has 0 aliphatic carbocycles. The molecule has 160 valence electrons. The highest BCUT2D eigenvalue weighted by Gasteiger charge is 2.23. The Hall–Kier alpha value is -4.45. The predicted molar refractivity (Wildman–Crippen MR) is 120 cm³/mol. The molecule has 9 heteroatoms. The number of nitrogen functional groups attached to an aromatic ring is 1. The van der Waals surface area contributed by atoms with E-state index in [1.807, 2.05) is 6.92 Å². The topological polar surface area (TPSA) is 150 Å². The number of nitrogens with one attached hydrogen (secondary N) is 3. The third-order valence-electron chi connectivity index (χ3n) is 5.12. The lowest BCUT2D eigenvalue weighted by atomic mass is 9.99.